The summed E-state index contributed by atoms with van der Waals surface area (Å²) in [7, 11) is 0. The minimum Gasteiger partial charge on any atom is -0.508 e. The standard InChI is InChI=1S/C25H17.C11H16O.C3H6.2ClH.Ti/c1-3-9-18(10-4-1)20-13-7-15-22-23-16-8-14-21(25(23)17-24(20)22)19-11-5-2-6-12-19;1-8-5-9(11(2,3)4)7-10(12)6-8;1-3-2;;;/h1-17H;5-7,12H,1-4H3;1-2H3;2*1H;/q-1;;;;;+1. The van der Waals surface area contributed by atoms with Gasteiger partial charge in [0.25, 0.3) is 0 Å². The van der Waals surface area contributed by atoms with E-state index < -0.39 is 0 Å². The van der Waals surface area contributed by atoms with Crippen molar-refractivity contribution in [2.24, 2.45) is 0 Å². The van der Waals surface area contributed by atoms with Crippen molar-refractivity contribution in [1.29, 1.82) is 0 Å². The van der Waals surface area contributed by atoms with Gasteiger partial charge in [-0.1, -0.05) is 116 Å². The molecule has 2 aliphatic carbocycles. The van der Waals surface area contributed by atoms with Crippen LogP contribution in [-0.4, -0.2) is 8.92 Å². The van der Waals surface area contributed by atoms with Crippen molar-refractivity contribution in [3.63, 3.8) is 0 Å². The normalized spacial score (nSPS) is 10.4. The molecule has 0 amide bonds. The smallest absolute Gasteiger partial charge is 0.116 e. The molecule has 0 atom stereocenters. The fourth-order valence-corrected chi connectivity index (χ4v) is 4.99. The molecule has 0 radical (unpaired) electrons. The van der Waals surface area contributed by atoms with Crippen LogP contribution in [0.4, 0.5) is 0 Å². The monoisotopic (exact) mass is 643 g/mol. The topological polar surface area (TPSA) is 20.2 Å². The third kappa shape index (κ3) is 9.46. The van der Waals surface area contributed by atoms with Crippen LogP contribution in [0.5, 0.6) is 5.75 Å². The van der Waals surface area contributed by atoms with E-state index in [-0.39, 0.29) is 30.2 Å². The van der Waals surface area contributed by atoms with E-state index >= 15 is 0 Å². The largest absolute Gasteiger partial charge is 0.508 e. The Morgan fingerprint density at radius 1 is 0.674 bits per heavy atom. The van der Waals surface area contributed by atoms with Crippen LogP contribution in [0.15, 0.2) is 121 Å². The molecule has 0 bridgehead atoms. The molecule has 1 nitrogen and oxygen atoms in total. The quantitative estimate of drug-likeness (QED) is 0.147. The maximum absolute atomic E-state index is 9.36. The van der Waals surface area contributed by atoms with Crippen molar-refractivity contribution in [2.75, 3.05) is 0 Å². The first-order valence-corrected chi connectivity index (χ1v) is 14.9. The van der Waals surface area contributed by atoms with E-state index in [9.17, 15) is 5.11 Å². The van der Waals surface area contributed by atoms with Gasteiger partial charge < -0.3 is 5.11 Å². The molecular weight excluding hydrogens is 603 g/mol. The SMILES string of the molecule is C[C](C)=[Ti+].Cc1cc(O)cc(C(C)(C)C)c1.Cl.Cl.c1ccc(-c2cccc3c4ccc[c-](-c5ccccc5)c-4cc23)cc1. The van der Waals surface area contributed by atoms with Crippen molar-refractivity contribution in [2.45, 2.75) is 47.0 Å². The minimum atomic E-state index is 0. The average molecular weight is 645 g/mol. The Kier molecular flexibility index (Phi) is 13.6. The number of phenolic OH excluding ortho intramolecular Hbond substituents is 1. The molecule has 0 aromatic heterocycles. The fourth-order valence-electron chi connectivity index (χ4n) is 4.99. The van der Waals surface area contributed by atoms with E-state index in [1.54, 1.807) is 6.07 Å². The molecule has 0 unspecified atom stereocenters. The van der Waals surface area contributed by atoms with Gasteiger partial charge in [0, 0.05) is 0 Å². The molecule has 2 aliphatic rings. The van der Waals surface area contributed by atoms with Gasteiger partial charge in [-0.15, -0.1) is 60.7 Å². The molecule has 4 aromatic carbocycles. The summed E-state index contributed by atoms with van der Waals surface area (Å²) in [4.78, 5) is 0. The Labute approximate surface area is 281 Å². The average Bonchev–Trinajstić information content (AvgIpc) is 3.32. The van der Waals surface area contributed by atoms with E-state index in [0.717, 1.165) is 5.56 Å². The summed E-state index contributed by atoms with van der Waals surface area (Å²) in [5.74, 6) is 0.361. The zero-order valence-corrected chi connectivity index (χ0v) is 29.0. The van der Waals surface area contributed by atoms with Crippen molar-refractivity contribution >= 4 is 39.4 Å². The Balaban J connectivity index is 0.000000304. The van der Waals surface area contributed by atoms with Crippen LogP contribution in [0.25, 0.3) is 44.2 Å². The third-order valence-electron chi connectivity index (χ3n) is 6.89. The van der Waals surface area contributed by atoms with Crippen LogP contribution in [0.1, 0.15) is 45.7 Å². The van der Waals surface area contributed by atoms with Crippen LogP contribution < -0.4 is 0 Å². The van der Waals surface area contributed by atoms with Gasteiger partial charge in [0.15, 0.2) is 0 Å². The summed E-state index contributed by atoms with van der Waals surface area (Å²) in [5.41, 5.74) is 10.2. The summed E-state index contributed by atoms with van der Waals surface area (Å²) >= 11 is 2.08. The predicted molar refractivity (Wildman–Crippen MR) is 189 cm³/mol. The van der Waals surface area contributed by atoms with Crippen molar-refractivity contribution in [1.82, 2.24) is 0 Å². The molecule has 0 spiro atoms. The molecule has 221 valence electrons. The molecule has 4 heteroatoms. The second kappa shape index (κ2) is 16.1. The molecule has 0 saturated carbocycles. The van der Waals surface area contributed by atoms with Gasteiger partial charge in [-0.25, -0.2) is 0 Å². The molecule has 0 heterocycles. The first-order chi connectivity index (χ1) is 19.5. The summed E-state index contributed by atoms with van der Waals surface area (Å²) in [6.07, 6.45) is 0. The molecule has 43 heavy (non-hydrogen) atoms. The number of fused-ring (bicyclic) bond motifs is 3. The van der Waals surface area contributed by atoms with E-state index in [0.29, 0.717) is 5.75 Å². The van der Waals surface area contributed by atoms with Crippen LogP contribution in [0.2, 0.25) is 0 Å². The van der Waals surface area contributed by atoms with Crippen molar-refractivity contribution in [3.8, 4) is 39.1 Å². The Morgan fingerprint density at radius 2 is 1.26 bits per heavy atom. The van der Waals surface area contributed by atoms with E-state index in [1.807, 2.05) is 13.0 Å². The van der Waals surface area contributed by atoms with Gasteiger partial charge >= 0.3 is 37.6 Å². The number of halogens is 2. The number of benzene rings is 5. The van der Waals surface area contributed by atoms with Gasteiger partial charge in [0.05, 0.1) is 0 Å². The van der Waals surface area contributed by atoms with E-state index in [1.165, 1.54) is 53.5 Å². The molecule has 4 aromatic rings. The van der Waals surface area contributed by atoms with Gasteiger partial charge in [-0.3, -0.25) is 0 Å². The summed E-state index contributed by atoms with van der Waals surface area (Å²) < 4.78 is 1.42. The van der Waals surface area contributed by atoms with Gasteiger partial charge in [-0.05, 0) is 57.5 Å². The molecule has 6 rings (SSSR count). The molecule has 0 aliphatic heterocycles. The number of aromatic hydroxyl groups is 1. The predicted octanol–water partition coefficient (Wildman–Crippen LogP) is 11.6. The summed E-state index contributed by atoms with van der Waals surface area (Å²) in [6.45, 7) is 12.6. The van der Waals surface area contributed by atoms with Crippen LogP contribution in [0, 0.1) is 6.92 Å². The van der Waals surface area contributed by atoms with E-state index in [2.05, 4.69) is 164 Å². The Morgan fingerprint density at radius 3 is 1.84 bits per heavy atom. The Hall–Kier alpha value is -3.07. The maximum atomic E-state index is 9.36. The van der Waals surface area contributed by atoms with Crippen LogP contribution in [-0.2, 0) is 25.4 Å². The zero-order valence-electron chi connectivity index (χ0n) is 25.8. The Bertz CT molecular complexity index is 1690. The maximum Gasteiger partial charge on any atom is 0.116 e. The molecule has 0 fully saturated rings. The number of rotatable bonds is 2. The third-order valence-corrected chi connectivity index (χ3v) is 6.89. The van der Waals surface area contributed by atoms with Gasteiger partial charge in [0.1, 0.15) is 5.75 Å². The van der Waals surface area contributed by atoms with Gasteiger partial charge in [-0.2, -0.15) is 0 Å². The van der Waals surface area contributed by atoms with Crippen molar-refractivity contribution in [3.05, 3.63) is 132 Å². The molecular formula is C39H41Cl2OTi. The molecule has 1 N–H and O–H groups in total. The first kappa shape index (κ1) is 36.1. The zero-order chi connectivity index (χ0) is 29.6. The number of aryl methyl sites for hydroxylation is 1. The second-order valence-electron chi connectivity index (χ2n) is 11.7. The van der Waals surface area contributed by atoms with E-state index in [4.69, 9.17) is 0 Å². The summed E-state index contributed by atoms with van der Waals surface area (Å²) in [5, 5.41) is 12.0. The number of phenols is 1. The number of hydrogen-bond acceptors (Lipinski definition) is 1. The summed E-state index contributed by atoms with van der Waals surface area (Å²) in [6, 6.07) is 42.6. The van der Waals surface area contributed by atoms with Crippen LogP contribution >= 0.6 is 24.8 Å². The minimum absolute atomic E-state index is 0. The number of hydrogen-bond donors (Lipinski definition) is 1. The van der Waals surface area contributed by atoms with Gasteiger partial charge in [0.2, 0.25) is 0 Å². The first-order valence-electron chi connectivity index (χ1n) is 14.1. The fraction of sp³-hybridized carbons (Fsp3) is 0.179. The van der Waals surface area contributed by atoms with Crippen molar-refractivity contribution < 1.29 is 25.1 Å². The second-order valence-corrected chi connectivity index (χ2v) is 13.3. The van der Waals surface area contributed by atoms with Crippen LogP contribution in [0.3, 0.4) is 0 Å². The molecule has 0 saturated heterocycles.